The summed E-state index contributed by atoms with van der Waals surface area (Å²) in [5, 5.41) is 5.96. The second kappa shape index (κ2) is 11.2. The van der Waals surface area contributed by atoms with E-state index in [1.54, 1.807) is 10.8 Å². The van der Waals surface area contributed by atoms with E-state index in [1.807, 2.05) is 0 Å². The molecule has 3 heterocycles. The van der Waals surface area contributed by atoms with Crippen molar-refractivity contribution in [3.05, 3.63) is 126 Å². The summed E-state index contributed by atoms with van der Waals surface area (Å²) in [5.74, 6) is 1.97. The molecule has 3 nitrogen and oxygen atoms in total. The zero-order valence-electron chi connectivity index (χ0n) is 28.4. The molecule has 0 bridgehead atoms. The van der Waals surface area contributed by atoms with Gasteiger partial charge in [-0.15, -0.1) is 0 Å². The lowest BCUT2D eigenvalue weighted by molar-refractivity contribution is 0.487. The Bertz CT molecular complexity index is 2270. The van der Waals surface area contributed by atoms with E-state index < -0.39 is 8.07 Å². The Kier molecular flexibility index (Phi) is 6.84. The first-order chi connectivity index (χ1) is 23.5. The number of benzene rings is 5. The molecule has 0 saturated heterocycles. The lowest BCUT2D eigenvalue weighted by atomic mass is 9.35. The van der Waals surface area contributed by atoms with Crippen LogP contribution in [0.2, 0.25) is 6.04 Å². The van der Waals surface area contributed by atoms with Gasteiger partial charge in [0.05, 0.1) is 5.52 Å². The molecule has 2 aliphatic heterocycles. The molecule has 0 amide bonds. The summed E-state index contributed by atoms with van der Waals surface area (Å²) in [6.45, 7) is 4.65. The molecular weight excluding hydrogens is 599 g/mol. The quantitative estimate of drug-likeness (QED) is 0.214. The normalized spacial score (nSPS) is 17.5. The van der Waals surface area contributed by atoms with Gasteiger partial charge in [-0.1, -0.05) is 97.3 Å². The first-order valence-corrected chi connectivity index (χ1v) is 19.9. The van der Waals surface area contributed by atoms with Crippen molar-refractivity contribution in [3.8, 4) is 17.2 Å². The van der Waals surface area contributed by atoms with Crippen molar-refractivity contribution in [2.24, 2.45) is 0 Å². The fourth-order valence-electron chi connectivity index (χ4n) is 9.35. The maximum absolute atomic E-state index is 6.98. The van der Waals surface area contributed by atoms with Gasteiger partial charge < -0.3 is 14.2 Å². The summed E-state index contributed by atoms with van der Waals surface area (Å²) < 4.78 is 9.68. The first-order valence-electron chi connectivity index (χ1n) is 17.7. The second-order valence-electron chi connectivity index (χ2n) is 14.0. The van der Waals surface area contributed by atoms with Gasteiger partial charge in [0.15, 0.2) is 0 Å². The van der Waals surface area contributed by atoms with Crippen molar-refractivity contribution >= 4 is 69.4 Å². The number of aryl methyl sites for hydroxylation is 1. The molecule has 5 aromatic carbocycles. The van der Waals surface area contributed by atoms with E-state index in [0.717, 1.165) is 36.1 Å². The molecular formula is C43H41BN2OSi. The highest BCUT2D eigenvalue weighted by Crippen LogP contribution is 2.36. The zero-order valence-corrected chi connectivity index (χ0v) is 29.4. The Morgan fingerprint density at radius 1 is 0.833 bits per heavy atom. The van der Waals surface area contributed by atoms with Crippen LogP contribution in [0.4, 0.5) is 5.69 Å². The highest BCUT2D eigenvalue weighted by atomic mass is 28.3. The van der Waals surface area contributed by atoms with E-state index in [4.69, 9.17) is 4.74 Å². The number of para-hydroxylation sites is 1. The van der Waals surface area contributed by atoms with Crippen LogP contribution in [-0.2, 0) is 12.8 Å². The standard InChI is InChI=1S/C43H41BN2OSi/c1-5-15-29-26-40-42-41(27-29)48(6-2,31-16-8-7-9-17-31)43-35(44(42)34-25-24-30(45(3)4)28-39(34)47-40)20-14-23-38(43)46-36-21-12-10-18-32(36)33-19-11-13-22-37(33)46/h5,7-10,12,14-18,20-21,23-28H,6,11,13,19,22H2,1-4H3/b15-5+. The van der Waals surface area contributed by atoms with Crippen LogP contribution in [0.3, 0.4) is 0 Å². The summed E-state index contributed by atoms with van der Waals surface area (Å²) in [4.78, 5) is 2.17. The number of rotatable bonds is 5. The van der Waals surface area contributed by atoms with Gasteiger partial charge in [0.25, 0.3) is 6.71 Å². The number of hydrogen-bond donors (Lipinski definition) is 0. The van der Waals surface area contributed by atoms with Crippen LogP contribution in [-0.4, -0.2) is 33.4 Å². The van der Waals surface area contributed by atoms with Crippen LogP contribution in [0, 0.1) is 0 Å². The first kappa shape index (κ1) is 29.4. The van der Waals surface area contributed by atoms with E-state index >= 15 is 0 Å². The molecule has 0 N–H and O–H groups in total. The highest BCUT2D eigenvalue weighted by molar-refractivity contribution is 7.21. The van der Waals surface area contributed by atoms with Crippen LogP contribution in [0.1, 0.15) is 43.5 Å². The molecule has 3 aliphatic rings. The van der Waals surface area contributed by atoms with E-state index in [1.165, 1.54) is 67.5 Å². The van der Waals surface area contributed by atoms with Gasteiger partial charge in [0, 0.05) is 42.6 Å². The highest BCUT2D eigenvalue weighted by Gasteiger charge is 2.52. The summed E-state index contributed by atoms with van der Waals surface area (Å²) in [6, 6.07) is 40.6. The van der Waals surface area contributed by atoms with E-state index in [2.05, 4.69) is 153 Å². The fraction of sp³-hybridized carbons (Fsp3) is 0.209. The van der Waals surface area contributed by atoms with E-state index in [9.17, 15) is 0 Å². The van der Waals surface area contributed by atoms with Gasteiger partial charge in [0.1, 0.15) is 19.6 Å². The third kappa shape index (κ3) is 4.07. The molecule has 236 valence electrons. The summed E-state index contributed by atoms with van der Waals surface area (Å²) in [7, 11) is 1.59. The number of aromatic nitrogens is 1. The second-order valence-corrected chi connectivity index (χ2v) is 18.1. The van der Waals surface area contributed by atoms with Crippen molar-refractivity contribution in [1.82, 2.24) is 4.57 Å². The molecule has 5 heteroatoms. The van der Waals surface area contributed by atoms with Crippen molar-refractivity contribution < 1.29 is 4.74 Å². The minimum absolute atomic E-state index is 0.0955. The third-order valence-corrected chi connectivity index (χ3v) is 16.5. The summed E-state index contributed by atoms with van der Waals surface area (Å²) in [5.41, 5.74) is 12.2. The van der Waals surface area contributed by atoms with Gasteiger partial charge in [-0.05, 0) is 101 Å². The molecule has 1 aromatic heterocycles. The van der Waals surface area contributed by atoms with Gasteiger partial charge >= 0.3 is 0 Å². The molecule has 1 aliphatic carbocycles. The van der Waals surface area contributed by atoms with Crippen molar-refractivity contribution in [2.45, 2.75) is 45.6 Å². The molecule has 0 saturated carbocycles. The topological polar surface area (TPSA) is 17.4 Å². The van der Waals surface area contributed by atoms with Crippen molar-refractivity contribution in [2.75, 3.05) is 19.0 Å². The van der Waals surface area contributed by atoms with E-state index in [-0.39, 0.29) is 6.71 Å². The summed E-state index contributed by atoms with van der Waals surface area (Å²) in [6.07, 6.45) is 9.20. The van der Waals surface area contributed by atoms with Gasteiger partial charge in [0.2, 0.25) is 0 Å². The molecule has 0 spiro atoms. The largest absolute Gasteiger partial charge is 0.458 e. The molecule has 48 heavy (non-hydrogen) atoms. The van der Waals surface area contributed by atoms with Crippen LogP contribution in [0.25, 0.3) is 22.7 Å². The predicted molar refractivity (Wildman–Crippen MR) is 208 cm³/mol. The number of hydrogen-bond acceptors (Lipinski definition) is 2. The maximum Gasteiger partial charge on any atom is 0.250 e. The van der Waals surface area contributed by atoms with Gasteiger partial charge in [-0.3, -0.25) is 0 Å². The SMILES string of the molecule is C/C=C/c1cc2c3c(c1)[Si](CC)(c1ccccc1)c1c(cccc1-n1c4c(c5ccccc51)CCCC4)B3c1ccc(N(C)C)cc1O2. The zero-order chi connectivity index (χ0) is 32.6. The average molecular weight is 641 g/mol. The Balaban J connectivity index is 1.45. The molecule has 6 aromatic rings. The molecule has 1 unspecified atom stereocenters. The van der Waals surface area contributed by atoms with Crippen LogP contribution in [0.5, 0.6) is 11.5 Å². The molecule has 9 rings (SSSR count). The Labute approximate surface area is 285 Å². The minimum atomic E-state index is -2.62. The number of anilines is 1. The van der Waals surface area contributed by atoms with Crippen LogP contribution < -0.4 is 41.6 Å². The predicted octanol–water partition coefficient (Wildman–Crippen LogP) is 6.03. The fourth-order valence-corrected chi connectivity index (χ4v) is 14.6. The monoisotopic (exact) mass is 640 g/mol. The Morgan fingerprint density at radius 2 is 1.65 bits per heavy atom. The average Bonchev–Trinajstić information content (AvgIpc) is 3.46. The number of fused-ring (bicyclic) bond motifs is 7. The molecule has 1 atom stereocenters. The van der Waals surface area contributed by atoms with E-state index in [0.29, 0.717) is 0 Å². The van der Waals surface area contributed by atoms with Crippen LogP contribution >= 0.6 is 0 Å². The van der Waals surface area contributed by atoms with Crippen molar-refractivity contribution in [1.29, 1.82) is 0 Å². The van der Waals surface area contributed by atoms with Crippen molar-refractivity contribution in [3.63, 3.8) is 0 Å². The summed E-state index contributed by atoms with van der Waals surface area (Å²) >= 11 is 0. The number of ether oxygens (including phenoxy) is 1. The Hall–Kier alpha value is -4.74. The van der Waals surface area contributed by atoms with Gasteiger partial charge in [-0.2, -0.15) is 0 Å². The minimum Gasteiger partial charge on any atom is -0.458 e. The maximum atomic E-state index is 6.98. The lowest BCUT2D eigenvalue weighted by Gasteiger charge is -2.45. The Morgan fingerprint density at radius 3 is 2.46 bits per heavy atom. The molecule has 0 fully saturated rings. The van der Waals surface area contributed by atoms with Crippen LogP contribution in [0.15, 0.2) is 109 Å². The number of nitrogens with zero attached hydrogens (tertiary/aromatic N) is 2. The third-order valence-electron chi connectivity index (χ3n) is 11.3. The smallest absolute Gasteiger partial charge is 0.250 e. The van der Waals surface area contributed by atoms with Gasteiger partial charge in [-0.25, -0.2) is 0 Å². The lowest BCUT2D eigenvalue weighted by Crippen LogP contribution is -2.83. The number of allylic oxidation sites excluding steroid dienone is 1. The molecule has 0 radical (unpaired) electrons.